The summed E-state index contributed by atoms with van der Waals surface area (Å²) in [5.74, 6) is -0.650. The molecule has 1 nitrogen and oxygen atoms in total. The van der Waals surface area contributed by atoms with Crippen molar-refractivity contribution in [3.8, 4) is 0 Å². The Kier molecular flexibility index (Phi) is 4.04. The molecule has 0 bridgehead atoms. The Morgan fingerprint density at radius 1 is 1.47 bits per heavy atom. The van der Waals surface area contributed by atoms with Crippen molar-refractivity contribution in [3.05, 3.63) is 48.6 Å². The summed E-state index contributed by atoms with van der Waals surface area (Å²) >= 11 is 5.54. The maximum atomic E-state index is 13.7. The molecule has 0 aromatic heterocycles. The average Bonchev–Trinajstić information content (AvgIpc) is 2.19. The van der Waals surface area contributed by atoms with Crippen molar-refractivity contribution in [3.63, 3.8) is 0 Å². The lowest BCUT2D eigenvalue weighted by atomic mass is 10.0. The van der Waals surface area contributed by atoms with Gasteiger partial charge in [0.2, 0.25) is 5.13 Å². The quantitative estimate of drug-likeness (QED) is 0.556. The molecule has 1 aromatic rings. The molecular formula is C12H12ClFO. The van der Waals surface area contributed by atoms with Gasteiger partial charge in [0.25, 0.3) is 0 Å². The van der Waals surface area contributed by atoms with E-state index in [0.29, 0.717) is 5.56 Å². The Labute approximate surface area is 93.6 Å². The van der Waals surface area contributed by atoms with E-state index >= 15 is 0 Å². The van der Waals surface area contributed by atoms with Gasteiger partial charge in [-0.25, -0.2) is 4.39 Å². The largest absolute Gasteiger partial charge is 0.294 e. The van der Waals surface area contributed by atoms with Crippen LogP contribution in [-0.2, 0) is 11.2 Å². The van der Waals surface area contributed by atoms with Crippen LogP contribution in [0.4, 0.5) is 4.39 Å². The van der Waals surface area contributed by atoms with Crippen LogP contribution in [0.1, 0.15) is 12.0 Å². The first-order valence-corrected chi connectivity index (χ1v) is 5.00. The van der Waals surface area contributed by atoms with Gasteiger partial charge >= 0.3 is 0 Å². The van der Waals surface area contributed by atoms with E-state index in [9.17, 15) is 9.18 Å². The molecule has 0 saturated carbocycles. The van der Waals surface area contributed by atoms with Gasteiger partial charge in [-0.05, 0) is 5.56 Å². The van der Waals surface area contributed by atoms with E-state index in [2.05, 4.69) is 6.58 Å². The first-order chi connectivity index (χ1) is 7.06. The summed E-state index contributed by atoms with van der Waals surface area (Å²) in [6.45, 7) is 3.38. The number of Topliss-reactive ketones (excluding diaryl/α,β-unsaturated/α-hetero) is 1. The van der Waals surface area contributed by atoms with E-state index in [1.54, 1.807) is 24.3 Å². The highest BCUT2D eigenvalue weighted by molar-refractivity contribution is 6.34. The Morgan fingerprint density at radius 3 is 2.60 bits per heavy atom. The molecular weight excluding hydrogens is 215 g/mol. The predicted octanol–water partition coefficient (Wildman–Crippen LogP) is 3.28. The monoisotopic (exact) mass is 226 g/mol. The zero-order chi connectivity index (χ0) is 11.3. The van der Waals surface area contributed by atoms with Crippen LogP contribution in [0, 0.1) is 0 Å². The van der Waals surface area contributed by atoms with Gasteiger partial charge in [-0.15, -0.1) is 6.58 Å². The number of alkyl halides is 2. The molecule has 0 aliphatic heterocycles. The molecule has 1 aromatic carbocycles. The van der Waals surface area contributed by atoms with Gasteiger partial charge in [0.05, 0.1) is 0 Å². The second kappa shape index (κ2) is 5.08. The minimum atomic E-state index is -2.32. The third-order valence-corrected chi connectivity index (χ3v) is 2.35. The number of halogens is 2. The van der Waals surface area contributed by atoms with E-state index in [4.69, 9.17) is 11.6 Å². The summed E-state index contributed by atoms with van der Waals surface area (Å²) in [6.07, 6.45) is 1.19. The van der Waals surface area contributed by atoms with E-state index in [-0.39, 0.29) is 12.8 Å². The summed E-state index contributed by atoms with van der Waals surface area (Å²) in [5, 5.41) is -2.32. The van der Waals surface area contributed by atoms with Crippen LogP contribution in [0.2, 0.25) is 0 Å². The lowest BCUT2D eigenvalue weighted by molar-refractivity contribution is -0.125. The van der Waals surface area contributed by atoms with E-state index in [0.717, 1.165) is 0 Å². The second-order valence-corrected chi connectivity index (χ2v) is 3.88. The third-order valence-electron chi connectivity index (χ3n) is 2.01. The van der Waals surface area contributed by atoms with Crippen LogP contribution in [0.5, 0.6) is 0 Å². The van der Waals surface area contributed by atoms with Gasteiger partial charge in [0, 0.05) is 12.8 Å². The molecule has 0 unspecified atom stereocenters. The molecule has 0 amide bonds. The van der Waals surface area contributed by atoms with E-state index < -0.39 is 10.9 Å². The second-order valence-electron chi connectivity index (χ2n) is 3.28. The van der Waals surface area contributed by atoms with Crippen LogP contribution < -0.4 is 0 Å². The lowest BCUT2D eigenvalue weighted by Gasteiger charge is -2.15. The number of rotatable bonds is 5. The van der Waals surface area contributed by atoms with Gasteiger partial charge < -0.3 is 0 Å². The lowest BCUT2D eigenvalue weighted by Crippen LogP contribution is -2.29. The van der Waals surface area contributed by atoms with Crippen LogP contribution in [-0.4, -0.2) is 10.9 Å². The fraction of sp³-hybridized carbons (Fsp3) is 0.250. The molecule has 0 heterocycles. The zero-order valence-electron chi connectivity index (χ0n) is 8.25. The molecule has 3 heteroatoms. The Bertz CT molecular complexity index is 346. The van der Waals surface area contributed by atoms with E-state index in [1.165, 1.54) is 6.08 Å². The molecule has 1 atom stereocenters. The van der Waals surface area contributed by atoms with Crippen molar-refractivity contribution in [1.29, 1.82) is 0 Å². The van der Waals surface area contributed by atoms with Crippen molar-refractivity contribution < 1.29 is 9.18 Å². The van der Waals surface area contributed by atoms with Crippen molar-refractivity contribution in [2.45, 2.75) is 18.0 Å². The maximum Gasteiger partial charge on any atom is 0.245 e. The predicted molar refractivity (Wildman–Crippen MR) is 59.7 cm³/mol. The van der Waals surface area contributed by atoms with Gasteiger partial charge in [-0.3, -0.25) is 4.79 Å². The number of hydrogen-bond donors (Lipinski definition) is 0. The van der Waals surface area contributed by atoms with E-state index in [1.807, 2.05) is 6.07 Å². The van der Waals surface area contributed by atoms with Crippen molar-refractivity contribution >= 4 is 17.4 Å². The van der Waals surface area contributed by atoms with Gasteiger partial charge in [0.15, 0.2) is 5.78 Å². The average molecular weight is 227 g/mol. The highest BCUT2D eigenvalue weighted by atomic mass is 35.5. The molecule has 0 aliphatic carbocycles. The van der Waals surface area contributed by atoms with Gasteiger partial charge in [-0.1, -0.05) is 48.0 Å². The summed E-state index contributed by atoms with van der Waals surface area (Å²) < 4.78 is 13.7. The minimum Gasteiger partial charge on any atom is -0.294 e. The molecule has 0 saturated heterocycles. The minimum absolute atomic E-state index is 0.0488. The number of carbonyl (C=O) groups excluding carboxylic acids is 1. The normalized spacial score (nSPS) is 14.3. The van der Waals surface area contributed by atoms with Crippen molar-refractivity contribution in [1.82, 2.24) is 0 Å². The number of benzene rings is 1. The Hall–Kier alpha value is -1.15. The Morgan fingerprint density at radius 2 is 2.07 bits per heavy atom. The molecule has 80 valence electrons. The SMILES string of the molecule is C=CCC(=O)[C@](F)(Cl)Cc1ccccc1. The fourth-order valence-corrected chi connectivity index (χ4v) is 1.46. The standard InChI is InChI=1S/C12H12ClFO/c1-2-6-11(15)12(13,14)9-10-7-4-3-5-8-10/h2-5,7-8H,1,6,9H2/t12-/m0/s1. The Balaban J connectivity index is 2.72. The van der Waals surface area contributed by atoms with Crippen molar-refractivity contribution in [2.75, 3.05) is 0 Å². The molecule has 0 radical (unpaired) electrons. The number of allylic oxidation sites excluding steroid dienone is 1. The summed E-state index contributed by atoms with van der Waals surface area (Å²) in [5.41, 5.74) is 0.701. The van der Waals surface area contributed by atoms with Crippen LogP contribution in [0.15, 0.2) is 43.0 Å². The fourth-order valence-electron chi connectivity index (χ4n) is 1.23. The highest BCUT2D eigenvalue weighted by Crippen LogP contribution is 2.25. The number of ketones is 1. The smallest absolute Gasteiger partial charge is 0.245 e. The highest BCUT2D eigenvalue weighted by Gasteiger charge is 2.34. The molecule has 0 aliphatic rings. The topological polar surface area (TPSA) is 17.1 Å². The molecule has 0 fully saturated rings. The molecule has 15 heavy (non-hydrogen) atoms. The maximum absolute atomic E-state index is 13.7. The van der Waals surface area contributed by atoms with Crippen molar-refractivity contribution in [2.24, 2.45) is 0 Å². The third kappa shape index (κ3) is 3.48. The summed E-state index contributed by atoms with van der Waals surface area (Å²) in [4.78, 5) is 11.3. The molecule has 0 spiro atoms. The van der Waals surface area contributed by atoms with Crippen LogP contribution in [0.25, 0.3) is 0 Å². The first-order valence-electron chi connectivity index (χ1n) is 4.62. The summed E-state index contributed by atoms with van der Waals surface area (Å²) in [7, 11) is 0. The number of hydrogen-bond acceptors (Lipinski definition) is 1. The summed E-state index contributed by atoms with van der Waals surface area (Å²) in [6, 6.07) is 8.85. The van der Waals surface area contributed by atoms with Crippen LogP contribution >= 0.6 is 11.6 Å². The molecule has 0 N–H and O–H groups in total. The first kappa shape index (κ1) is 11.9. The van der Waals surface area contributed by atoms with Gasteiger partial charge in [-0.2, -0.15) is 0 Å². The zero-order valence-corrected chi connectivity index (χ0v) is 9.01. The van der Waals surface area contributed by atoms with Crippen LogP contribution in [0.3, 0.4) is 0 Å². The van der Waals surface area contributed by atoms with Gasteiger partial charge in [0.1, 0.15) is 0 Å². The number of carbonyl (C=O) groups is 1. The molecule has 1 rings (SSSR count).